The standard InChI is InChI=1S/C26H36N4O4/c1-2-13-30-19-21(18-28-30)25(32)29-14-10-26(11-15-29)9-5-6-16-33-17-12-27-24(31)22-7-3-4-8-23(22)34-20-26/h3-4,7-8,18-19H,2,5-6,9-17,20H2,1H3,(H,27,31). The van der Waals surface area contributed by atoms with Crippen LogP contribution in [0, 0.1) is 5.41 Å². The lowest BCUT2D eigenvalue weighted by atomic mass is 9.75. The first kappa shape index (κ1) is 24.3. The maximum Gasteiger partial charge on any atom is 0.257 e. The van der Waals surface area contributed by atoms with Crippen molar-refractivity contribution < 1.29 is 19.1 Å². The van der Waals surface area contributed by atoms with Gasteiger partial charge in [-0.3, -0.25) is 14.3 Å². The second kappa shape index (κ2) is 11.5. The van der Waals surface area contributed by atoms with E-state index in [0.717, 1.165) is 45.1 Å². The number of hydrogen-bond donors (Lipinski definition) is 1. The zero-order valence-electron chi connectivity index (χ0n) is 20.1. The van der Waals surface area contributed by atoms with Crippen molar-refractivity contribution in [2.24, 2.45) is 5.41 Å². The number of rotatable bonds is 3. The Morgan fingerprint density at radius 3 is 2.79 bits per heavy atom. The van der Waals surface area contributed by atoms with Crippen LogP contribution in [0.5, 0.6) is 5.75 Å². The Morgan fingerprint density at radius 2 is 1.97 bits per heavy atom. The number of nitrogens with one attached hydrogen (secondary N) is 1. The lowest BCUT2D eigenvalue weighted by Crippen LogP contribution is -2.45. The maximum atomic E-state index is 13.0. The number of aromatic nitrogens is 2. The molecule has 3 heterocycles. The highest BCUT2D eigenvalue weighted by Crippen LogP contribution is 2.38. The summed E-state index contributed by atoms with van der Waals surface area (Å²) in [6.07, 6.45) is 9.30. The number of benzene rings is 1. The molecule has 184 valence electrons. The lowest BCUT2D eigenvalue weighted by molar-refractivity contribution is 0.0341. The van der Waals surface area contributed by atoms with Crippen molar-refractivity contribution in [1.82, 2.24) is 20.0 Å². The van der Waals surface area contributed by atoms with E-state index in [2.05, 4.69) is 17.3 Å². The van der Waals surface area contributed by atoms with Crippen LogP contribution < -0.4 is 10.1 Å². The smallest absolute Gasteiger partial charge is 0.257 e. The van der Waals surface area contributed by atoms with Crippen LogP contribution >= 0.6 is 0 Å². The monoisotopic (exact) mass is 468 g/mol. The molecule has 1 N–H and O–H groups in total. The van der Waals surface area contributed by atoms with Crippen LogP contribution in [0.2, 0.25) is 0 Å². The van der Waals surface area contributed by atoms with E-state index in [1.165, 1.54) is 0 Å². The van der Waals surface area contributed by atoms with Crippen molar-refractivity contribution in [2.45, 2.75) is 52.0 Å². The van der Waals surface area contributed by atoms with Gasteiger partial charge in [-0.05, 0) is 44.2 Å². The third kappa shape index (κ3) is 5.97. The summed E-state index contributed by atoms with van der Waals surface area (Å²) in [5, 5.41) is 7.22. The van der Waals surface area contributed by atoms with Crippen LogP contribution in [-0.2, 0) is 11.3 Å². The fourth-order valence-electron chi connectivity index (χ4n) is 4.81. The van der Waals surface area contributed by atoms with Crippen molar-refractivity contribution in [2.75, 3.05) is 39.5 Å². The summed E-state index contributed by atoms with van der Waals surface area (Å²) in [7, 11) is 0. The molecule has 0 saturated carbocycles. The first-order valence-corrected chi connectivity index (χ1v) is 12.5. The number of carbonyl (C=O) groups excluding carboxylic acids is 2. The maximum absolute atomic E-state index is 13.0. The minimum atomic E-state index is -0.144. The number of aryl methyl sites for hydroxylation is 1. The van der Waals surface area contributed by atoms with Gasteiger partial charge in [-0.15, -0.1) is 0 Å². The van der Waals surface area contributed by atoms with Crippen LogP contribution in [0.3, 0.4) is 0 Å². The summed E-state index contributed by atoms with van der Waals surface area (Å²) in [4.78, 5) is 27.6. The predicted molar refractivity (Wildman–Crippen MR) is 129 cm³/mol. The summed E-state index contributed by atoms with van der Waals surface area (Å²) in [6.45, 7) is 6.52. The van der Waals surface area contributed by atoms with Crippen LogP contribution in [0.25, 0.3) is 0 Å². The van der Waals surface area contributed by atoms with Gasteiger partial charge in [0.15, 0.2) is 0 Å². The van der Waals surface area contributed by atoms with E-state index < -0.39 is 0 Å². The van der Waals surface area contributed by atoms with Gasteiger partial charge in [0, 0.05) is 44.4 Å². The Hall–Kier alpha value is -2.87. The number of amides is 2. The Morgan fingerprint density at radius 1 is 1.15 bits per heavy atom. The molecule has 0 unspecified atom stereocenters. The van der Waals surface area contributed by atoms with E-state index >= 15 is 0 Å². The molecule has 2 aliphatic rings. The number of piperidine rings is 1. The van der Waals surface area contributed by atoms with Crippen LogP contribution in [0.15, 0.2) is 36.7 Å². The Labute approximate surface area is 201 Å². The molecule has 0 bridgehead atoms. The average Bonchev–Trinajstić information content (AvgIpc) is 3.33. The van der Waals surface area contributed by atoms with Crippen LogP contribution in [-0.4, -0.2) is 65.9 Å². The zero-order valence-corrected chi connectivity index (χ0v) is 20.1. The molecule has 8 heteroatoms. The first-order chi connectivity index (χ1) is 16.6. The van der Waals surface area contributed by atoms with Crippen molar-refractivity contribution in [3.8, 4) is 5.75 Å². The van der Waals surface area contributed by atoms with Crippen molar-refractivity contribution >= 4 is 11.8 Å². The second-order valence-electron chi connectivity index (χ2n) is 9.39. The van der Waals surface area contributed by atoms with Crippen LogP contribution in [0.4, 0.5) is 0 Å². The van der Waals surface area contributed by atoms with E-state index in [9.17, 15) is 9.59 Å². The number of carbonyl (C=O) groups is 2. The summed E-state index contributed by atoms with van der Waals surface area (Å²) >= 11 is 0. The number of likely N-dealkylation sites (tertiary alicyclic amines) is 1. The van der Waals surface area contributed by atoms with E-state index in [1.807, 2.05) is 34.0 Å². The number of nitrogens with zero attached hydrogens (tertiary/aromatic N) is 3. The second-order valence-corrected chi connectivity index (χ2v) is 9.39. The zero-order chi connectivity index (χ0) is 23.8. The normalized spacial score (nSPS) is 19.6. The minimum absolute atomic E-state index is 0.0309. The van der Waals surface area contributed by atoms with Gasteiger partial charge >= 0.3 is 0 Å². The SMILES string of the molecule is CCCn1cc(C(=O)N2CCC3(CCCCOCCNC(=O)c4ccccc4OC3)CC2)cn1. The highest BCUT2D eigenvalue weighted by molar-refractivity contribution is 5.96. The molecule has 1 aromatic carbocycles. The lowest BCUT2D eigenvalue weighted by Gasteiger charge is -2.42. The minimum Gasteiger partial charge on any atom is -0.492 e. The van der Waals surface area contributed by atoms with Crippen LogP contribution in [0.1, 0.15) is 66.2 Å². The predicted octanol–water partition coefficient (Wildman–Crippen LogP) is 3.52. The molecule has 8 nitrogen and oxygen atoms in total. The van der Waals surface area contributed by atoms with Gasteiger partial charge in [-0.1, -0.05) is 25.5 Å². The molecule has 1 aromatic heterocycles. The molecule has 0 atom stereocenters. The topological polar surface area (TPSA) is 85.7 Å². The largest absolute Gasteiger partial charge is 0.492 e. The molecule has 4 rings (SSSR count). The molecular weight excluding hydrogens is 432 g/mol. The van der Waals surface area contributed by atoms with Crippen molar-refractivity contribution in [3.63, 3.8) is 0 Å². The Bertz CT molecular complexity index is 965. The van der Waals surface area contributed by atoms with Gasteiger partial charge in [0.25, 0.3) is 11.8 Å². The first-order valence-electron chi connectivity index (χ1n) is 12.5. The molecular formula is C26H36N4O4. The number of para-hydroxylation sites is 1. The summed E-state index contributed by atoms with van der Waals surface area (Å²) in [5.41, 5.74) is 1.17. The number of ether oxygens (including phenoxy) is 2. The third-order valence-corrected chi connectivity index (χ3v) is 6.89. The van der Waals surface area contributed by atoms with Gasteiger partial charge in [0.05, 0.1) is 30.5 Å². The summed E-state index contributed by atoms with van der Waals surface area (Å²) < 4.78 is 13.8. The highest BCUT2D eigenvalue weighted by atomic mass is 16.5. The molecule has 1 fully saturated rings. The molecule has 2 amide bonds. The van der Waals surface area contributed by atoms with E-state index in [0.29, 0.717) is 56.3 Å². The van der Waals surface area contributed by atoms with E-state index in [-0.39, 0.29) is 17.2 Å². The van der Waals surface area contributed by atoms with Gasteiger partial charge in [0.2, 0.25) is 0 Å². The summed E-state index contributed by atoms with van der Waals surface area (Å²) in [6, 6.07) is 7.40. The van der Waals surface area contributed by atoms with Gasteiger partial charge < -0.3 is 19.7 Å². The van der Waals surface area contributed by atoms with Gasteiger partial charge in [-0.25, -0.2) is 0 Å². The molecule has 2 aromatic rings. The van der Waals surface area contributed by atoms with Crippen molar-refractivity contribution in [1.29, 1.82) is 0 Å². The van der Waals surface area contributed by atoms with E-state index in [4.69, 9.17) is 9.47 Å². The van der Waals surface area contributed by atoms with E-state index in [1.54, 1.807) is 12.3 Å². The molecule has 0 radical (unpaired) electrons. The molecule has 1 spiro atoms. The fraction of sp³-hybridized carbons (Fsp3) is 0.577. The highest BCUT2D eigenvalue weighted by Gasteiger charge is 2.37. The molecule has 0 aliphatic carbocycles. The quantitative estimate of drug-likeness (QED) is 0.745. The number of hydrogen-bond acceptors (Lipinski definition) is 5. The Kier molecular flexibility index (Phi) is 8.21. The average molecular weight is 469 g/mol. The van der Waals surface area contributed by atoms with Gasteiger partial charge in [0.1, 0.15) is 5.75 Å². The molecule has 1 saturated heterocycles. The fourth-order valence-corrected chi connectivity index (χ4v) is 4.81. The van der Waals surface area contributed by atoms with Gasteiger partial charge in [-0.2, -0.15) is 5.10 Å². The molecule has 2 aliphatic heterocycles. The number of fused-ring (bicyclic) bond motifs is 1. The summed E-state index contributed by atoms with van der Waals surface area (Å²) in [5.74, 6) is 0.517. The Balaban J connectivity index is 1.44. The third-order valence-electron chi connectivity index (χ3n) is 6.89. The van der Waals surface area contributed by atoms with Crippen molar-refractivity contribution in [3.05, 3.63) is 47.8 Å². The molecule has 34 heavy (non-hydrogen) atoms.